The molecule has 3 aromatic rings. The van der Waals surface area contributed by atoms with E-state index in [1.807, 2.05) is 0 Å². The van der Waals surface area contributed by atoms with Crippen molar-refractivity contribution in [2.24, 2.45) is 0 Å². The third-order valence-electron chi connectivity index (χ3n) is 3.48. The fraction of sp³-hybridized carbons (Fsp3) is 0.167. The molecule has 9 heteroatoms. The third kappa shape index (κ3) is 5.38. The lowest BCUT2D eigenvalue weighted by Crippen LogP contribution is -2.16. The summed E-state index contributed by atoms with van der Waals surface area (Å²) in [7, 11) is 0. The molecule has 0 unspecified atom stereocenters. The molecule has 1 N–H and O–H groups in total. The Morgan fingerprint density at radius 2 is 1.93 bits per heavy atom. The molecule has 1 aromatic heterocycles. The maximum atomic E-state index is 12.3. The molecular formula is C18H14F3N3O3. The van der Waals surface area contributed by atoms with Crippen LogP contribution in [0.25, 0.3) is 11.5 Å². The average molecular weight is 377 g/mol. The van der Waals surface area contributed by atoms with E-state index in [1.165, 1.54) is 18.5 Å². The van der Waals surface area contributed by atoms with Gasteiger partial charge >= 0.3 is 6.18 Å². The van der Waals surface area contributed by atoms with Crippen LogP contribution in [0.15, 0.2) is 59.3 Å². The monoisotopic (exact) mass is 377 g/mol. The number of nitrogens with zero attached hydrogens (tertiary/aromatic N) is 2. The lowest BCUT2D eigenvalue weighted by molar-refractivity contribution is -0.176. The Bertz CT molecular complexity index is 894. The van der Waals surface area contributed by atoms with Crippen molar-refractivity contribution in [1.82, 2.24) is 10.2 Å². The zero-order chi connectivity index (χ0) is 19.3. The summed E-state index contributed by atoms with van der Waals surface area (Å²) >= 11 is 0. The molecule has 0 saturated carbocycles. The van der Waals surface area contributed by atoms with E-state index in [0.29, 0.717) is 28.3 Å². The standard InChI is InChI=1S/C18H14F3N3O3/c19-18(20,21)10-26-9-12-4-6-13(7-5-12)16(25)23-15-3-1-2-14(8-15)17-24-22-11-27-17/h1-8,11H,9-10H2,(H,23,25). The van der Waals surface area contributed by atoms with Gasteiger partial charge in [-0.25, -0.2) is 0 Å². The van der Waals surface area contributed by atoms with Crippen molar-refractivity contribution >= 4 is 11.6 Å². The van der Waals surface area contributed by atoms with Gasteiger partial charge in [-0.1, -0.05) is 18.2 Å². The number of amides is 1. The Kier molecular flexibility index (Phi) is 5.51. The molecule has 0 atom stereocenters. The highest BCUT2D eigenvalue weighted by atomic mass is 19.4. The number of alkyl halides is 3. The van der Waals surface area contributed by atoms with E-state index < -0.39 is 12.8 Å². The smallest absolute Gasteiger partial charge is 0.411 e. The Morgan fingerprint density at radius 3 is 2.59 bits per heavy atom. The van der Waals surface area contributed by atoms with Crippen LogP contribution in [0.2, 0.25) is 0 Å². The van der Waals surface area contributed by atoms with Gasteiger partial charge in [0.15, 0.2) is 0 Å². The highest BCUT2D eigenvalue weighted by molar-refractivity contribution is 6.04. The summed E-state index contributed by atoms with van der Waals surface area (Å²) in [6, 6.07) is 13.0. The van der Waals surface area contributed by atoms with Crippen LogP contribution in [-0.2, 0) is 11.3 Å². The van der Waals surface area contributed by atoms with Crippen molar-refractivity contribution < 1.29 is 27.1 Å². The Labute approximate surface area is 152 Å². The minimum absolute atomic E-state index is 0.187. The van der Waals surface area contributed by atoms with Crippen molar-refractivity contribution in [2.45, 2.75) is 12.8 Å². The first kappa shape index (κ1) is 18.6. The molecule has 0 aliphatic carbocycles. The summed E-state index contributed by atoms with van der Waals surface area (Å²) in [4.78, 5) is 12.3. The predicted molar refractivity (Wildman–Crippen MR) is 89.8 cm³/mol. The number of hydrogen-bond donors (Lipinski definition) is 1. The number of aromatic nitrogens is 2. The maximum absolute atomic E-state index is 12.3. The van der Waals surface area contributed by atoms with Gasteiger partial charge in [0.05, 0.1) is 6.61 Å². The lowest BCUT2D eigenvalue weighted by Gasteiger charge is -2.09. The molecule has 0 spiro atoms. The van der Waals surface area contributed by atoms with E-state index in [1.54, 1.807) is 36.4 Å². The normalized spacial score (nSPS) is 11.4. The van der Waals surface area contributed by atoms with Gasteiger partial charge in [-0.05, 0) is 35.9 Å². The number of anilines is 1. The van der Waals surface area contributed by atoms with Gasteiger partial charge in [-0.15, -0.1) is 10.2 Å². The number of nitrogens with one attached hydrogen (secondary N) is 1. The summed E-state index contributed by atoms with van der Waals surface area (Å²) in [6.45, 7) is -1.50. The van der Waals surface area contributed by atoms with Gasteiger partial charge < -0.3 is 14.5 Å². The molecule has 0 aliphatic heterocycles. The molecule has 3 rings (SSSR count). The van der Waals surface area contributed by atoms with Gasteiger partial charge in [-0.3, -0.25) is 4.79 Å². The van der Waals surface area contributed by atoms with Crippen LogP contribution in [0.5, 0.6) is 0 Å². The van der Waals surface area contributed by atoms with E-state index in [4.69, 9.17) is 4.42 Å². The number of carbonyl (C=O) groups is 1. The van der Waals surface area contributed by atoms with E-state index in [-0.39, 0.29) is 12.5 Å². The molecule has 6 nitrogen and oxygen atoms in total. The molecule has 0 radical (unpaired) electrons. The number of ether oxygens (including phenoxy) is 1. The molecule has 0 bridgehead atoms. The van der Waals surface area contributed by atoms with Crippen LogP contribution in [-0.4, -0.2) is 28.9 Å². The number of benzene rings is 2. The van der Waals surface area contributed by atoms with Crippen LogP contribution in [0.4, 0.5) is 18.9 Å². The summed E-state index contributed by atoms with van der Waals surface area (Å²) < 4.78 is 45.9. The summed E-state index contributed by atoms with van der Waals surface area (Å²) in [5, 5.41) is 10.1. The Hall–Kier alpha value is -3.20. The number of halogens is 3. The fourth-order valence-electron chi connectivity index (χ4n) is 2.27. The first-order valence-electron chi connectivity index (χ1n) is 7.82. The van der Waals surface area contributed by atoms with E-state index in [9.17, 15) is 18.0 Å². The maximum Gasteiger partial charge on any atom is 0.411 e. The molecule has 27 heavy (non-hydrogen) atoms. The second-order valence-electron chi connectivity index (χ2n) is 5.58. The molecule has 1 heterocycles. The van der Waals surface area contributed by atoms with E-state index in [0.717, 1.165) is 0 Å². The minimum atomic E-state index is -4.37. The first-order valence-corrected chi connectivity index (χ1v) is 7.82. The molecule has 0 saturated heterocycles. The zero-order valence-corrected chi connectivity index (χ0v) is 13.9. The Balaban J connectivity index is 1.60. The number of hydrogen-bond acceptors (Lipinski definition) is 5. The van der Waals surface area contributed by atoms with E-state index >= 15 is 0 Å². The van der Waals surface area contributed by atoms with Crippen LogP contribution >= 0.6 is 0 Å². The van der Waals surface area contributed by atoms with Crippen molar-refractivity contribution in [3.8, 4) is 11.5 Å². The predicted octanol–water partition coefficient (Wildman–Crippen LogP) is 4.07. The van der Waals surface area contributed by atoms with Crippen LogP contribution in [0.3, 0.4) is 0 Å². The average Bonchev–Trinajstić information content (AvgIpc) is 3.16. The second kappa shape index (κ2) is 8.00. The number of rotatable bonds is 6. The van der Waals surface area contributed by atoms with Crippen LogP contribution < -0.4 is 5.32 Å². The van der Waals surface area contributed by atoms with Gasteiger partial charge in [0.25, 0.3) is 5.91 Å². The topological polar surface area (TPSA) is 77.3 Å². The highest BCUT2D eigenvalue weighted by Gasteiger charge is 2.27. The van der Waals surface area contributed by atoms with Crippen molar-refractivity contribution in [3.63, 3.8) is 0 Å². The van der Waals surface area contributed by atoms with E-state index in [2.05, 4.69) is 20.3 Å². The van der Waals surface area contributed by atoms with Crippen molar-refractivity contribution in [1.29, 1.82) is 0 Å². The summed E-state index contributed by atoms with van der Waals surface area (Å²) in [5.41, 5.74) is 2.09. The molecular weight excluding hydrogens is 363 g/mol. The van der Waals surface area contributed by atoms with Crippen LogP contribution in [0.1, 0.15) is 15.9 Å². The summed E-state index contributed by atoms with van der Waals surface area (Å²) in [5.74, 6) is -0.0326. The molecule has 0 aliphatic rings. The van der Waals surface area contributed by atoms with Gasteiger partial charge in [0, 0.05) is 16.8 Å². The third-order valence-corrected chi connectivity index (χ3v) is 3.48. The first-order chi connectivity index (χ1) is 12.9. The Morgan fingerprint density at radius 1 is 1.15 bits per heavy atom. The molecule has 2 aromatic carbocycles. The lowest BCUT2D eigenvalue weighted by atomic mass is 10.1. The van der Waals surface area contributed by atoms with Gasteiger partial charge in [-0.2, -0.15) is 13.2 Å². The van der Waals surface area contributed by atoms with Crippen molar-refractivity contribution in [3.05, 3.63) is 66.1 Å². The fourth-order valence-corrected chi connectivity index (χ4v) is 2.27. The van der Waals surface area contributed by atoms with Crippen LogP contribution in [0, 0.1) is 0 Å². The van der Waals surface area contributed by atoms with Gasteiger partial charge in [0.1, 0.15) is 6.61 Å². The van der Waals surface area contributed by atoms with Crippen molar-refractivity contribution in [2.75, 3.05) is 11.9 Å². The quantitative estimate of drug-likeness (QED) is 0.701. The number of carbonyl (C=O) groups excluding carboxylic acids is 1. The summed E-state index contributed by atoms with van der Waals surface area (Å²) in [6.07, 6.45) is -3.16. The molecule has 140 valence electrons. The second-order valence-corrected chi connectivity index (χ2v) is 5.58. The molecule has 0 fully saturated rings. The van der Waals surface area contributed by atoms with Gasteiger partial charge in [0.2, 0.25) is 12.3 Å². The highest BCUT2D eigenvalue weighted by Crippen LogP contribution is 2.21. The zero-order valence-electron chi connectivity index (χ0n) is 13.9. The largest absolute Gasteiger partial charge is 0.423 e. The molecule has 1 amide bonds. The SMILES string of the molecule is O=C(Nc1cccc(-c2nnco2)c1)c1ccc(COCC(F)(F)F)cc1. The minimum Gasteiger partial charge on any atom is -0.423 e.